The lowest BCUT2D eigenvalue weighted by Gasteiger charge is -2.21. The third kappa shape index (κ3) is 5.06. The maximum atomic E-state index is 11.8. The number of nitrogens with two attached hydrogens (primary N) is 1. The third-order valence-electron chi connectivity index (χ3n) is 1.86. The molecule has 1 atom stereocenters. The van der Waals surface area contributed by atoms with Gasteiger partial charge in [-0.1, -0.05) is 6.92 Å². The first-order valence-corrected chi connectivity index (χ1v) is 4.35. The summed E-state index contributed by atoms with van der Waals surface area (Å²) in [6, 6.07) is -0.701. The second-order valence-electron chi connectivity index (χ2n) is 3.14. The number of rotatable bonds is 4. The number of likely N-dealkylation sites (N-methyl/N-ethyl adjacent to an activating group) is 1. The fraction of sp³-hybridized carbons (Fsp3) is 0.875. The molecule has 0 spiro atoms. The van der Waals surface area contributed by atoms with Crippen LogP contribution in [-0.4, -0.2) is 36.6 Å². The summed E-state index contributed by atoms with van der Waals surface area (Å²) >= 11 is 0. The second-order valence-corrected chi connectivity index (χ2v) is 3.14. The molecule has 0 rings (SSSR count). The molecule has 0 aliphatic rings. The molecular weight excluding hydrogens is 197 g/mol. The molecule has 3 nitrogen and oxygen atoms in total. The van der Waals surface area contributed by atoms with Crippen LogP contribution in [0.5, 0.6) is 0 Å². The van der Waals surface area contributed by atoms with Crippen LogP contribution in [0, 0.1) is 0 Å². The number of halogens is 3. The Hall–Kier alpha value is -0.780. The van der Waals surface area contributed by atoms with Crippen LogP contribution in [0.1, 0.15) is 19.8 Å². The highest BCUT2D eigenvalue weighted by molar-refractivity contribution is 5.81. The quantitative estimate of drug-likeness (QED) is 0.759. The summed E-state index contributed by atoms with van der Waals surface area (Å²) in [6.07, 6.45) is -4.80. The Bertz CT molecular complexity index is 194. The van der Waals surface area contributed by atoms with Crippen molar-refractivity contribution in [3.8, 4) is 0 Å². The van der Waals surface area contributed by atoms with Gasteiger partial charge in [-0.05, 0) is 6.42 Å². The Morgan fingerprint density at radius 3 is 2.36 bits per heavy atom. The van der Waals surface area contributed by atoms with Gasteiger partial charge in [0.05, 0.1) is 12.5 Å². The zero-order valence-corrected chi connectivity index (χ0v) is 8.27. The van der Waals surface area contributed by atoms with Crippen molar-refractivity contribution >= 4 is 5.91 Å². The minimum absolute atomic E-state index is 0.337. The van der Waals surface area contributed by atoms with E-state index in [9.17, 15) is 18.0 Å². The number of nitrogens with zero attached hydrogens (tertiary/aromatic N) is 1. The molecule has 1 amide bonds. The van der Waals surface area contributed by atoms with Gasteiger partial charge < -0.3 is 10.6 Å². The summed E-state index contributed by atoms with van der Waals surface area (Å²) in [7, 11) is 1.32. The largest absolute Gasteiger partial charge is 0.390 e. The van der Waals surface area contributed by atoms with Gasteiger partial charge in [0.25, 0.3) is 0 Å². The van der Waals surface area contributed by atoms with Crippen LogP contribution in [-0.2, 0) is 4.79 Å². The van der Waals surface area contributed by atoms with Gasteiger partial charge in [0.1, 0.15) is 0 Å². The Kier molecular flexibility index (Phi) is 4.90. The molecule has 0 aliphatic heterocycles. The Morgan fingerprint density at radius 1 is 1.50 bits per heavy atom. The standard InChI is InChI=1S/C8H15F3N2O/c1-3-6(12)7(14)13(2)5-4-8(9,10)11/h6H,3-5,12H2,1-2H3/t6-/m1/s1. The minimum atomic E-state index is -4.23. The molecule has 0 bridgehead atoms. The predicted molar refractivity (Wildman–Crippen MR) is 46.6 cm³/mol. The van der Waals surface area contributed by atoms with Crippen molar-refractivity contribution in [3.05, 3.63) is 0 Å². The maximum absolute atomic E-state index is 11.8. The van der Waals surface area contributed by atoms with E-state index in [-0.39, 0.29) is 6.54 Å². The summed E-state index contributed by atoms with van der Waals surface area (Å²) in [4.78, 5) is 12.2. The van der Waals surface area contributed by atoms with Gasteiger partial charge in [0, 0.05) is 13.6 Å². The molecule has 0 aromatic rings. The normalized spacial score (nSPS) is 13.9. The van der Waals surface area contributed by atoms with Crippen molar-refractivity contribution in [1.29, 1.82) is 0 Å². The lowest BCUT2D eigenvalue weighted by Crippen LogP contribution is -2.42. The van der Waals surface area contributed by atoms with E-state index in [1.54, 1.807) is 6.92 Å². The maximum Gasteiger partial charge on any atom is 0.390 e. The van der Waals surface area contributed by atoms with Crippen LogP contribution in [0.15, 0.2) is 0 Å². The molecule has 0 unspecified atom stereocenters. The first kappa shape index (κ1) is 13.2. The van der Waals surface area contributed by atoms with Crippen LogP contribution >= 0.6 is 0 Å². The molecule has 2 N–H and O–H groups in total. The second kappa shape index (κ2) is 5.19. The number of alkyl halides is 3. The van der Waals surface area contributed by atoms with Gasteiger partial charge in [0.15, 0.2) is 0 Å². The van der Waals surface area contributed by atoms with E-state index in [2.05, 4.69) is 0 Å². The van der Waals surface area contributed by atoms with Crippen LogP contribution in [0.2, 0.25) is 0 Å². The average Bonchev–Trinajstić information content (AvgIpc) is 2.10. The summed E-state index contributed by atoms with van der Waals surface area (Å²) in [5.74, 6) is -0.447. The van der Waals surface area contributed by atoms with Crippen molar-refractivity contribution in [1.82, 2.24) is 4.90 Å². The fourth-order valence-corrected chi connectivity index (χ4v) is 0.862. The molecule has 0 aromatic heterocycles. The van der Waals surface area contributed by atoms with Crippen LogP contribution < -0.4 is 5.73 Å². The van der Waals surface area contributed by atoms with E-state index in [0.29, 0.717) is 6.42 Å². The van der Waals surface area contributed by atoms with Gasteiger partial charge in [-0.15, -0.1) is 0 Å². The fourth-order valence-electron chi connectivity index (χ4n) is 0.862. The predicted octanol–water partition coefficient (Wildman–Crippen LogP) is 1.13. The molecule has 0 heterocycles. The van der Waals surface area contributed by atoms with Crippen molar-refractivity contribution in [3.63, 3.8) is 0 Å². The van der Waals surface area contributed by atoms with Crippen molar-refractivity contribution in [2.45, 2.75) is 32.0 Å². The van der Waals surface area contributed by atoms with Crippen LogP contribution in [0.4, 0.5) is 13.2 Å². The Balaban J connectivity index is 3.97. The first-order chi connectivity index (χ1) is 6.28. The van der Waals surface area contributed by atoms with E-state index in [0.717, 1.165) is 4.90 Å². The topological polar surface area (TPSA) is 46.3 Å². The van der Waals surface area contributed by atoms with Gasteiger partial charge >= 0.3 is 6.18 Å². The number of carbonyl (C=O) groups is 1. The highest BCUT2D eigenvalue weighted by Gasteiger charge is 2.28. The molecule has 0 saturated heterocycles. The summed E-state index contributed by atoms with van der Waals surface area (Å²) in [5.41, 5.74) is 5.38. The Morgan fingerprint density at radius 2 is 2.00 bits per heavy atom. The van der Waals surface area contributed by atoms with E-state index in [1.165, 1.54) is 7.05 Å². The molecule has 6 heteroatoms. The number of hydrogen-bond acceptors (Lipinski definition) is 2. The van der Waals surface area contributed by atoms with E-state index in [4.69, 9.17) is 5.73 Å². The highest BCUT2D eigenvalue weighted by Crippen LogP contribution is 2.19. The van der Waals surface area contributed by atoms with E-state index < -0.39 is 24.5 Å². The monoisotopic (exact) mass is 212 g/mol. The number of amides is 1. The number of hydrogen-bond donors (Lipinski definition) is 1. The molecule has 0 fully saturated rings. The summed E-state index contributed by atoms with van der Waals surface area (Å²) in [6.45, 7) is 1.37. The smallest absolute Gasteiger partial charge is 0.344 e. The SMILES string of the molecule is CC[C@@H](N)C(=O)N(C)CCC(F)(F)F. The summed E-state index contributed by atoms with van der Waals surface area (Å²) in [5, 5.41) is 0. The Labute approximate surface area is 81.1 Å². The van der Waals surface area contributed by atoms with E-state index in [1.807, 2.05) is 0 Å². The zero-order valence-electron chi connectivity index (χ0n) is 8.27. The lowest BCUT2D eigenvalue weighted by molar-refractivity contribution is -0.144. The average molecular weight is 212 g/mol. The van der Waals surface area contributed by atoms with Gasteiger partial charge in [-0.25, -0.2) is 0 Å². The first-order valence-electron chi connectivity index (χ1n) is 4.35. The molecular formula is C8H15F3N2O. The van der Waals surface area contributed by atoms with Crippen LogP contribution in [0.3, 0.4) is 0 Å². The van der Waals surface area contributed by atoms with Gasteiger partial charge in [0.2, 0.25) is 5.91 Å². The minimum Gasteiger partial charge on any atom is -0.344 e. The van der Waals surface area contributed by atoms with Crippen LogP contribution in [0.25, 0.3) is 0 Å². The molecule has 0 saturated carbocycles. The highest BCUT2D eigenvalue weighted by atomic mass is 19.4. The summed E-state index contributed by atoms with van der Waals surface area (Å²) < 4.78 is 35.4. The van der Waals surface area contributed by atoms with Gasteiger partial charge in [-0.2, -0.15) is 13.2 Å². The van der Waals surface area contributed by atoms with E-state index >= 15 is 0 Å². The molecule has 14 heavy (non-hydrogen) atoms. The van der Waals surface area contributed by atoms with Crippen molar-refractivity contribution < 1.29 is 18.0 Å². The van der Waals surface area contributed by atoms with Gasteiger partial charge in [-0.3, -0.25) is 4.79 Å². The van der Waals surface area contributed by atoms with Crippen molar-refractivity contribution in [2.75, 3.05) is 13.6 Å². The molecule has 0 aliphatic carbocycles. The molecule has 0 aromatic carbocycles. The lowest BCUT2D eigenvalue weighted by atomic mass is 10.2. The third-order valence-corrected chi connectivity index (χ3v) is 1.86. The zero-order chi connectivity index (χ0) is 11.4. The number of carbonyl (C=O) groups excluding carboxylic acids is 1. The molecule has 84 valence electrons. The van der Waals surface area contributed by atoms with Crippen molar-refractivity contribution in [2.24, 2.45) is 5.73 Å². The molecule has 0 radical (unpaired) electrons.